The van der Waals surface area contributed by atoms with E-state index in [9.17, 15) is 24.4 Å². The van der Waals surface area contributed by atoms with E-state index in [-0.39, 0.29) is 12.1 Å². The van der Waals surface area contributed by atoms with Crippen molar-refractivity contribution in [3.05, 3.63) is 39.7 Å². The average molecular weight is 298 g/mol. The average Bonchev–Trinajstić information content (AvgIpc) is 2.45. The van der Waals surface area contributed by atoms with Crippen molar-refractivity contribution in [3.63, 3.8) is 0 Å². The Labute approximate surface area is 119 Å². The van der Waals surface area contributed by atoms with Crippen LogP contribution in [0.25, 0.3) is 0 Å². The first-order valence-corrected chi connectivity index (χ1v) is 6.44. The molecule has 0 saturated carbocycles. The van der Waals surface area contributed by atoms with Gasteiger partial charge in [0.1, 0.15) is 11.4 Å². The van der Waals surface area contributed by atoms with E-state index in [1.807, 2.05) is 0 Å². The van der Waals surface area contributed by atoms with Crippen LogP contribution in [0.15, 0.2) is 18.2 Å². The molecule has 2 rings (SSSR count). The molecule has 1 saturated heterocycles. The van der Waals surface area contributed by atoms with E-state index in [0.29, 0.717) is 32.1 Å². The van der Waals surface area contributed by atoms with Gasteiger partial charge in [-0.05, 0) is 12.1 Å². The van der Waals surface area contributed by atoms with Crippen LogP contribution < -0.4 is 5.32 Å². The summed E-state index contributed by atoms with van der Waals surface area (Å²) in [4.78, 5) is 22.0. The minimum absolute atomic E-state index is 0.0380. The summed E-state index contributed by atoms with van der Waals surface area (Å²) in [5, 5.41) is 23.5. The molecule has 1 heterocycles. The first kappa shape index (κ1) is 15.3. The number of ether oxygens (including phenoxy) is 1. The third-order valence-corrected chi connectivity index (χ3v) is 3.40. The summed E-state index contributed by atoms with van der Waals surface area (Å²) in [5.74, 6) is -1.51. The fourth-order valence-electron chi connectivity index (χ4n) is 2.12. The van der Waals surface area contributed by atoms with Crippen LogP contribution >= 0.6 is 0 Å². The highest BCUT2D eigenvalue weighted by atomic mass is 19.1. The second kappa shape index (κ2) is 6.15. The smallest absolute Gasteiger partial charge is 0.285 e. The predicted molar refractivity (Wildman–Crippen MR) is 70.4 cm³/mol. The van der Waals surface area contributed by atoms with Gasteiger partial charge in [-0.3, -0.25) is 14.9 Å². The van der Waals surface area contributed by atoms with Crippen molar-refractivity contribution in [3.8, 4) is 0 Å². The van der Waals surface area contributed by atoms with Crippen molar-refractivity contribution in [2.45, 2.75) is 18.4 Å². The summed E-state index contributed by atoms with van der Waals surface area (Å²) in [6, 6.07) is 2.72. The SMILES string of the molecule is O=C(NCC1(O)CCOCC1)c1ccc(F)cc1[N+](=O)[O-]. The molecule has 114 valence electrons. The van der Waals surface area contributed by atoms with Gasteiger partial charge in [-0.2, -0.15) is 0 Å². The molecule has 2 N–H and O–H groups in total. The number of nitro benzene ring substituents is 1. The lowest BCUT2D eigenvalue weighted by molar-refractivity contribution is -0.385. The Morgan fingerprint density at radius 2 is 2.14 bits per heavy atom. The van der Waals surface area contributed by atoms with E-state index in [0.717, 1.165) is 12.1 Å². The van der Waals surface area contributed by atoms with Crippen LogP contribution in [-0.4, -0.2) is 41.3 Å². The van der Waals surface area contributed by atoms with Crippen molar-refractivity contribution < 1.29 is 24.0 Å². The van der Waals surface area contributed by atoms with Gasteiger partial charge in [-0.1, -0.05) is 0 Å². The molecule has 21 heavy (non-hydrogen) atoms. The van der Waals surface area contributed by atoms with E-state index < -0.39 is 27.9 Å². The summed E-state index contributed by atoms with van der Waals surface area (Å²) in [7, 11) is 0. The number of benzene rings is 1. The largest absolute Gasteiger partial charge is 0.388 e. The summed E-state index contributed by atoms with van der Waals surface area (Å²) in [6.45, 7) is 0.746. The number of amides is 1. The van der Waals surface area contributed by atoms with E-state index in [2.05, 4.69) is 5.32 Å². The zero-order valence-corrected chi connectivity index (χ0v) is 11.2. The van der Waals surface area contributed by atoms with Crippen molar-refractivity contribution in [2.75, 3.05) is 19.8 Å². The second-order valence-corrected chi connectivity index (χ2v) is 4.94. The van der Waals surface area contributed by atoms with Crippen molar-refractivity contribution >= 4 is 11.6 Å². The molecule has 8 heteroatoms. The number of carbonyl (C=O) groups excluding carboxylic acids is 1. The number of carbonyl (C=O) groups is 1. The number of nitro groups is 1. The van der Waals surface area contributed by atoms with Gasteiger partial charge in [0, 0.05) is 32.6 Å². The normalized spacial score (nSPS) is 17.2. The lowest BCUT2D eigenvalue weighted by Crippen LogP contribution is -2.46. The lowest BCUT2D eigenvalue weighted by atomic mass is 9.94. The lowest BCUT2D eigenvalue weighted by Gasteiger charge is -2.32. The Balaban J connectivity index is 2.08. The number of aliphatic hydroxyl groups is 1. The standard InChI is InChI=1S/C13H15FN2O5/c14-9-1-2-10(11(7-9)16(19)20)12(17)15-8-13(18)3-5-21-6-4-13/h1-2,7,18H,3-6,8H2,(H,15,17). The summed E-state index contributed by atoms with van der Waals surface area (Å²) < 4.78 is 18.1. The maximum absolute atomic E-state index is 13.0. The minimum atomic E-state index is -1.08. The molecule has 0 radical (unpaired) electrons. The third-order valence-electron chi connectivity index (χ3n) is 3.40. The summed E-state index contributed by atoms with van der Waals surface area (Å²) >= 11 is 0. The van der Waals surface area contributed by atoms with Crippen molar-refractivity contribution in [1.82, 2.24) is 5.32 Å². The topological polar surface area (TPSA) is 102 Å². The number of nitrogens with one attached hydrogen (secondary N) is 1. The molecule has 1 aliphatic heterocycles. The van der Waals surface area contributed by atoms with Crippen molar-refractivity contribution in [1.29, 1.82) is 0 Å². The van der Waals surface area contributed by atoms with Gasteiger partial charge in [-0.25, -0.2) is 4.39 Å². The molecule has 0 bridgehead atoms. The Morgan fingerprint density at radius 1 is 1.48 bits per heavy atom. The molecule has 0 aliphatic carbocycles. The molecule has 1 aliphatic rings. The second-order valence-electron chi connectivity index (χ2n) is 4.94. The van der Waals surface area contributed by atoms with Gasteiger partial charge < -0.3 is 15.2 Å². The van der Waals surface area contributed by atoms with Gasteiger partial charge >= 0.3 is 0 Å². The summed E-state index contributed by atoms with van der Waals surface area (Å²) in [6.07, 6.45) is 0.748. The third kappa shape index (κ3) is 3.73. The molecule has 0 aromatic heterocycles. The highest BCUT2D eigenvalue weighted by Gasteiger charge is 2.31. The number of hydrogen-bond acceptors (Lipinski definition) is 5. The van der Waals surface area contributed by atoms with Crippen molar-refractivity contribution in [2.24, 2.45) is 0 Å². The van der Waals surface area contributed by atoms with Crippen LogP contribution in [-0.2, 0) is 4.74 Å². The van der Waals surface area contributed by atoms with Crippen LogP contribution in [0, 0.1) is 15.9 Å². The fourth-order valence-corrected chi connectivity index (χ4v) is 2.12. The molecule has 1 aromatic rings. The van der Waals surface area contributed by atoms with Gasteiger partial charge in [0.05, 0.1) is 16.6 Å². The molecule has 7 nitrogen and oxygen atoms in total. The van der Waals surface area contributed by atoms with Crippen LogP contribution in [0.4, 0.5) is 10.1 Å². The first-order chi connectivity index (χ1) is 9.91. The maximum Gasteiger partial charge on any atom is 0.285 e. The minimum Gasteiger partial charge on any atom is -0.388 e. The van der Waals surface area contributed by atoms with Gasteiger partial charge in [0.15, 0.2) is 0 Å². The van der Waals surface area contributed by atoms with E-state index in [1.165, 1.54) is 0 Å². The number of hydrogen-bond donors (Lipinski definition) is 2. The summed E-state index contributed by atoms with van der Waals surface area (Å²) in [5.41, 5.74) is -1.92. The Morgan fingerprint density at radius 3 is 2.76 bits per heavy atom. The number of nitrogens with zero attached hydrogens (tertiary/aromatic N) is 1. The van der Waals surface area contributed by atoms with Crippen LogP contribution in [0.5, 0.6) is 0 Å². The monoisotopic (exact) mass is 298 g/mol. The Bertz CT molecular complexity index is 557. The molecule has 0 spiro atoms. The molecular formula is C13H15FN2O5. The molecule has 1 amide bonds. The quantitative estimate of drug-likeness (QED) is 0.638. The molecule has 1 fully saturated rings. The fraction of sp³-hybridized carbons (Fsp3) is 0.462. The van der Waals surface area contributed by atoms with E-state index in [4.69, 9.17) is 4.74 Å². The zero-order chi connectivity index (χ0) is 15.5. The van der Waals surface area contributed by atoms with Crippen LogP contribution in [0.1, 0.15) is 23.2 Å². The highest BCUT2D eigenvalue weighted by molar-refractivity contribution is 5.98. The first-order valence-electron chi connectivity index (χ1n) is 6.44. The predicted octanol–water partition coefficient (Wildman–Crippen LogP) is 1.01. The van der Waals surface area contributed by atoms with Gasteiger partial charge in [0.25, 0.3) is 11.6 Å². The maximum atomic E-state index is 13.0. The van der Waals surface area contributed by atoms with Crippen LogP contribution in [0.3, 0.4) is 0 Å². The van der Waals surface area contributed by atoms with E-state index in [1.54, 1.807) is 0 Å². The molecule has 0 unspecified atom stereocenters. The zero-order valence-electron chi connectivity index (χ0n) is 11.2. The Hall–Kier alpha value is -2.06. The van der Waals surface area contributed by atoms with Crippen LogP contribution in [0.2, 0.25) is 0 Å². The van der Waals surface area contributed by atoms with E-state index >= 15 is 0 Å². The highest BCUT2D eigenvalue weighted by Crippen LogP contribution is 2.22. The number of halogens is 1. The van der Waals surface area contributed by atoms with Gasteiger partial charge in [-0.15, -0.1) is 0 Å². The van der Waals surface area contributed by atoms with Gasteiger partial charge in [0.2, 0.25) is 0 Å². The number of rotatable bonds is 4. The molecule has 1 aromatic carbocycles. The Kier molecular flexibility index (Phi) is 4.49. The molecular weight excluding hydrogens is 283 g/mol. The molecule has 0 atom stereocenters.